The average Bonchev–Trinajstić information content (AvgIpc) is 2.78. The molecule has 0 heterocycles. The van der Waals surface area contributed by atoms with E-state index in [9.17, 15) is 9.59 Å². The van der Waals surface area contributed by atoms with Crippen LogP contribution in [-0.2, 0) is 16.1 Å². The summed E-state index contributed by atoms with van der Waals surface area (Å²) in [5.41, 5.74) is 4.84. The van der Waals surface area contributed by atoms with E-state index in [2.05, 4.69) is 5.32 Å². The Morgan fingerprint density at radius 1 is 0.969 bits per heavy atom. The second kappa shape index (κ2) is 10.6. The van der Waals surface area contributed by atoms with Gasteiger partial charge in [0.15, 0.2) is 6.61 Å². The summed E-state index contributed by atoms with van der Waals surface area (Å²) < 4.78 is 5.91. The van der Waals surface area contributed by atoms with Gasteiger partial charge in [-0.1, -0.05) is 54.6 Å². The van der Waals surface area contributed by atoms with Crippen LogP contribution in [0.1, 0.15) is 42.1 Å². The molecule has 2 amide bonds. The van der Waals surface area contributed by atoms with E-state index in [1.54, 1.807) is 0 Å². The molecule has 3 aromatic rings. The maximum absolute atomic E-state index is 13.3. The van der Waals surface area contributed by atoms with Gasteiger partial charge < -0.3 is 15.0 Å². The van der Waals surface area contributed by atoms with Gasteiger partial charge in [0.2, 0.25) is 5.91 Å². The normalized spacial score (nSPS) is 11.5. The van der Waals surface area contributed by atoms with E-state index in [-0.39, 0.29) is 24.5 Å². The summed E-state index contributed by atoms with van der Waals surface area (Å²) in [4.78, 5) is 26.6. The van der Waals surface area contributed by atoms with Gasteiger partial charge in [0.05, 0.1) is 6.04 Å². The Morgan fingerprint density at radius 2 is 1.69 bits per heavy atom. The SMILES string of the molecule is CC(=O)Nc1cccc([C@H](C)N(Cc2ccccc2)C(=O)COc2cccc(C)c2C)c1. The summed E-state index contributed by atoms with van der Waals surface area (Å²) in [7, 11) is 0. The second-order valence-corrected chi connectivity index (χ2v) is 7.98. The molecule has 0 aliphatic heterocycles. The van der Waals surface area contributed by atoms with Crippen LogP contribution in [0.3, 0.4) is 0 Å². The molecule has 5 heteroatoms. The third kappa shape index (κ3) is 5.97. The van der Waals surface area contributed by atoms with Gasteiger partial charge >= 0.3 is 0 Å². The van der Waals surface area contributed by atoms with Crippen LogP contribution in [0.5, 0.6) is 5.75 Å². The maximum atomic E-state index is 13.3. The van der Waals surface area contributed by atoms with E-state index < -0.39 is 0 Å². The number of anilines is 1. The van der Waals surface area contributed by atoms with Gasteiger partial charge in [-0.05, 0) is 61.2 Å². The minimum Gasteiger partial charge on any atom is -0.483 e. The minimum atomic E-state index is -0.210. The number of hydrogen-bond acceptors (Lipinski definition) is 3. The predicted molar refractivity (Wildman–Crippen MR) is 128 cm³/mol. The predicted octanol–water partition coefficient (Wildman–Crippen LogP) is 5.43. The lowest BCUT2D eigenvalue weighted by Crippen LogP contribution is -2.36. The topological polar surface area (TPSA) is 58.6 Å². The van der Waals surface area contributed by atoms with Gasteiger partial charge in [0.25, 0.3) is 5.91 Å². The molecule has 1 atom stereocenters. The van der Waals surface area contributed by atoms with Crippen molar-refractivity contribution in [1.29, 1.82) is 0 Å². The average molecular weight is 431 g/mol. The number of hydrogen-bond donors (Lipinski definition) is 1. The maximum Gasteiger partial charge on any atom is 0.261 e. The van der Waals surface area contributed by atoms with Crippen LogP contribution in [0.4, 0.5) is 5.69 Å². The Hall–Kier alpha value is -3.60. The lowest BCUT2D eigenvalue weighted by molar-refractivity contribution is -0.136. The van der Waals surface area contributed by atoms with Crippen molar-refractivity contribution in [2.75, 3.05) is 11.9 Å². The quantitative estimate of drug-likeness (QED) is 0.518. The number of carbonyl (C=O) groups excluding carboxylic acids is 2. The highest BCUT2D eigenvalue weighted by atomic mass is 16.5. The van der Waals surface area contributed by atoms with Crippen molar-refractivity contribution in [1.82, 2.24) is 4.90 Å². The van der Waals surface area contributed by atoms with Gasteiger partial charge in [-0.3, -0.25) is 9.59 Å². The zero-order valence-corrected chi connectivity index (χ0v) is 19.1. The third-order valence-corrected chi connectivity index (χ3v) is 5.58. The molecule has 0 saturated heterocycles. The Balaban J connectivity index is 1.83. The number of rotatable bonds is 8. The molecule has 32 heavy (non-hydrogen) atoms. The summed E-state index contributed by atoms with van der Waals surface area (Å²) >= 11 is 0. The van der Waals surface area contributed by atoms with Crippen molar-refractivity contribution in [2.45, 2.75) is 40.3 Å². The van der Waals surface area contributed by atoms with Crippen molar-refractivity contribution in [2.24, 2.45) is 0 Å². The fraction of sp³-hybridized carbons (Fsp3) is 0.259. The summed E-state index contributed by atoms with van der Waals surface area (Å²) in [6.45, 7) is 7.90. The van der Waals surface area contributed by atoms with E-state index in [0.717, 1.165) is 28.0 Å². The fourth-order valence-electron chi connectivity index (χ4n) is 3.58. The summed E-state index contributed by atoms with van der Waals surface area (Å²) in [6, 6.07) is 23.1. The molecular formula is C27H30N2O3. The molecule has 1 N–H and O–H groups in total. The Morgan fingerprint density at radius 3 is 2.41 bits per heavy atom. The first-order valence-corrected chi connectivity index (χ1v) is 10.7. The summed E-state index contributed by atoms with van der Waals surface area (Å²) in [5.74, 6) is 0.486. The molecule has 0 radical (unpaired) electrons. The lowest BCUT2D eigenvalue weighted by atomic mass is 10.0. The van der Waals surface area contributed by atoms with Gasteiger partial charge in [-0.2, -0.15) is 0 Å². The number of aryl methyl sites for hydroxylation is 1. The van der Waals surface area contributed by atoms with Crippen molar-refractivity contribution in [3.8, 4) is 5.75 Å². The van der Waals surface area contributed by atoms with Crippen LogP contribution >= 0.6 is 0 Å². The monoisotopic (exact) mass is 430 g/mol. The van der Waals surface area contributed by atoms with Crippen LogP contribution in [0, 0.1) is 13.8 Å². The molecule has 0 aliphatic carbocycles. The number of carbonyl (C=O) groups is 2. The molecule has 3 rings (SSSR count). The molecule has 0 spiro atoms. The molecule has 0 aliphatic rings. The number of ether oxygens (including phenoxy) is 1. The number of nitrogens with one attached hydrogen (secondary N) is 1. The summed E-state index contributed by atoms with van der Waals surface area (Å²) in [5, 5.41) is 2.81. The Bertz CT molecular complexity index is 1080. The first-order chi connectivity index (χ1) is 15.3. The molecule has 0 unspecified atom stereocenters. The summed E-state index contributed by atoms with van der Waals surface area (Å²) in [6.07, 6.45) is 0. The van der Waals surface area contributed by atoms with Gasteiger partial charge in [0.1, 0.15) is 5.75 Å². The van der Waals surface area contributed by atoms with Crippen molar-refractivity contribution in [3.05, 3.63) is 95.1 Å². The minimum absolute atomic E-state index is 0.0488. The third-order valence-electron chi connectivity index (χ3n) is 5.58. The second-order valence-electron chi connectivity index (χ2n) is 7.98. The largest absolute Gasteiger partial charge is 0.483 e. The zero-order valence-electron chi connectivity index (χ0n) is 19.1. The molecule has 0 saturated carbocycles. The highest BCUT2D eigenvalue weighted by Crippen LogP contribution is 2.26. The lowest BCUT2D eigenvalue weighted by Gasteiger charge is -2.30. The molecule has 0 fully saturated rings. The van der Waals surface area contributed by atoms with Crippen LogP contribution in [-0.4, -0.2) is 23.3 Å². The molecule has 5 nitrogen and oxygen atoms in total. The first-order valence-electron chi connectivity index (χ1n) is 10.7. The van der Waals surface area contributed by atoms with E-state index in [1.807, 2.05) is 98.5 Å². The van der Waals surface area contributed by atoms with Crippen LogP contribution in [0.2, 0.25) is 0 Å². The highest BCUT2D eigenvalue weighted by molar-refractivity contribution is 5.88. The van der Waals surface area contributed by atoms with E-state index >= 15 is 0 Å². The molecular weight excluding hydrogens is 400 g/mol. The van der Waals surface area contributed by atoms with E-state index in [0.29, 0.717) is 12.2 Å². The smallest absolute Gasteiger partial charge is 0.261 e. The number of nitrogens with zero attached hydrogens (tertiary/aromatic N) is 1. The van der Waals surface area contributed by atoms with Crippen molar-refractivity contribution in [3.63, 3.8) is 0 Å². The first kappa shape index (κ1) is 23.1. The van der Waals surface area contributed by atoms with Gasteiger partial charge in [0, 0.05) is 19.2 Å². The Kier molecular flexibility index (Phi) is 7.66. The molecule has 166 valence electrons. The van der Waals surface area contributed by atoms with Crippen LogP contribution in [0.15, 0.2) is 72.8 Å². The van der Waals surface area contributed by atoms with Crippen LogP contribution < -0.4 is 10.1 Å². The van der Waals surface area contributed by atoms with Gasteiger partial charge in [-0.25, -0.2) is 0 Å². The number of benzene rings is 3. The molecule has 0 bridgehead atoms. The standard InChI is InChI=1S/C27H30N2O3/c1-19-10-8-15-26(20(19)2)32-18-27(31)29(17-23-11-6-5-7-12-23)21(3)24-13-9-14-25(16-24)28-22(4)30/h5-16,21H,17-18H2,1-4H3,(H,28,30)/t21-/m0/s1. The van der Waals surface area contributed by atoms with E-state index in [1.165, 1.54) is 6.92 Å². The molecule has 3 aromatic carbocycles. The van der Waals surface area contributed by atoms with Gasteiger partial charge in [-0.15, -0.1) is 0 Å². The van der Waals surface area contributed by atoms with Crippen molar-refractivity contribution >= 4 is 17.5 Å². The molecule has 0 aromatic heterocycles. The van der Waals surface area contributed by atoms with E-state index in [4.69, 9.17) is 4.74 Å². The number of amides is 2. The fourth-order valence-corrected chi connectivity index (χ4v) is 3.58. The zero-order chi connectivity index (χ0) is 23.1. The highest BCUT2D eigenvalue weighted by Gasteiger charge is 2.23. The Labute approximate surface area is 190 Å². The van der Waals surface area contributed by atoms with Crippen molar-refractivity contribution < 1.29 is 14.3 Å². The van der Waals surface area contributed by atoms with Crippen LogP contribution in [0.25, 0.3) is 0 Å².